The lowest BCUT2D eigenvalue weighted by atomic mass is 10.1. The van der Waals surface area contributed by atoms with Gasteiger partial charge in [0.1, 0.15) is 6.04 Å². The fourth-order valence-corrected chi connectivity index (χ4v) is 3.10. The minimum Gasteiger partial charge on any atom is -0.481 e. The smallest absolute Gasteiger partial charge is 0.322 e. The molecule has 0 heterocycles. The Hall–Kier alpha value is -1.90. The van der Waals surface area contributed by atoms with Crippen molar-refractivity contribution in [1.82, 2.24) is 10.2 Å². The van der Waals surface area contributed by atoms with Crippen LogP contribution in [0.4, 0.5) is 5.69 Å². The van der Waals surface area contributed by atoms with Crippen LogP contribution in [0, 0.1) is 17.8 Å². The highest BCUT2D eigenvalue weighted by molar-refractivity contribution is 7.80. The largest absolute Gasteiger partial charge is 0.481 e. The van der Waals surface area contributed by atoms with Gasteiger partial charge >= 0.3 is 11.9 Å². The van der Waals surface area contributed by atoms with Crippen LogP contribution in [-0.4, -0.2) is 39.9 Å². The summed E-state index contributed by atoms with van der Waals surface area (Å²) in [6, 6.07) is 8.15. The summed E-state index contributed by atoms with van der Waals surface area (Å²) in [4.78, 5) is 24.5. The van der Waals surface area contributed by atoms with Gasteiger partial charge in [-0.3, -0.25) is 9.59 Å². The molecule has 23 heavy (non-hydrogen) atoms. The monoisotopic (exact) mass is 357 g/mol. The van der Waals surface area contributed by atoms with E-state index in [9.17, 15) is 14.7 Å². The molecule has 9 heteroatoms. The number of hydrogen-bond acceptors (Lipinski definition) is 4. The average Bonchev–Trinajstić information content (AvgIpc) is 3.21. The zero-order valence-corrected chi connectivity index (χ0v) is 13.5. The van der Waals surface area contributed by atoms with Gasteiger partial charge in [-0.05, 0) is 42.0 Å². The molecule has 2 rings (SSSR count). The first-order valence-corrected chi connectivity index (χ1v) is 7.66. The maximum Gasteiger partial charge on any atom is 0.322 e. The molecule has 1 saturated carbocycles. The number of anilines is 1. The van der Waals surface area contributed by atoms with Crippen molar-refractivity contribution in [2.45, 2.75) is 6.04 Å². The van der Waals surface area contributed by atoms with Crippen molar-refractivity contribution < 1.29 is 19.8 Å². The summed E-state index contributed by atoms with van der Waals surface area (Å²) in [5.41, 5.74) is 0.804. The van der Waals surface area contributed by atoms with Crippen molar-refractivity contribution in [1.29, 1.82) is 0 Å². The molecule has 7 nitrogen and oxygen atoms in total. The lowest BCUT2D eigenvalue weighted by Gasteiger charge is -2.11. The van der Waals surface area contributed by atoms with E-state index in [-0.39, 0.29) is 12.5 Å². The van der Waals surface area contributed by atoms with Crippen molar-refractivity contribution in [3.05, 3.63) is 30.3 Å². The second-order valence-corrected chi connectivity index (χ2v) is 5.86. The number of para-hydroxylation sites is 1. The van der Waals surface area contributed by atoms with Crippen LogP contribution >= 0.6 is 24.0 Å². The molecule has 4 atom stereocenters. The van der Waals surface area contributed by atoms with Gasteiger partial charge in [-0.15, -0.1) is 0 Å². The lowest BCUT2D eigenvalue weighted by molar-refractivity contribution is -0.140. The minimum absolute atomic E-state index is 0.253. The van der Waals surface area contributed by atoms with Crippen molar-refractivity contribution in [3.63, 3.8) is 0 Å². The summed E-state index contributed by atoms with van der Waals surface area (Å²) in [6.45, 7) is 0.253. The first-order valence-electron chi connectivity index (χ1n) is 6.87. The van der Waals surface area contributed by atoms with E-state index in [0.717, 1.165) is 5.69 Å². The van der Waals surface area contributed by atoms with Crippen molar-refractivity contribution in [2.75, 3.05) is 11.9 Å². The van der Waals surface area contributed by atoms with E-state index in [1.807, 2.05) is 30.3 Å². The molecule has 1 aromatic carbocycles. The van der Waals surface area contributed by atoms with Gasteiger partial charge in [0.15, 0.2) is 5.11 Å². The first-order chi connectivity index (χ1) is 11.0. The van der Waals surface area contributed by atoms with Gasteiger partial charge < -0.3 is 20.8 Å². The Morgan fingerprint density at radius 1 is 1.26 bits per heavy atom. The fourth-order valence-electron chi connectivity index (χ4n) is 2.66. The Morgan fingerprint density at radius 2 is 1.91 bits per heavy atom. The summed E-state index contributed by atoms with van der Waals surface area (Å²) in [6.07, 6.45) is 0. The molecule has 0 spiro atoms. The van der Waals surface area contributed by atoms with Crippen LogP contribution in [0.2, 0.25) is 0 Å². The number of benzene rings is 1. The molecule has 0 amide bonds. The number of carboxylic acid groups (broad SMARTS) is 2. The number of rotatable bonds is 7. The summed E-state index contributed by atoms with van der Waals surface area (Å²) in [5.74, 6) is -3.94. The molecule has 0 saturated heterocycles. The molecular formula is C14H16ClN3O4S. The predicted molar refractivity (Wildman–Crippen MR) is 89.2 cm³/mol. The maximum atomic E-state index is 11.2. The molecule has 0 aromatic heterocycles. The second kappa shape index (κ2) is 7.58. The van der Waals surface area contributed by atoms with E-state index in [0.29, 0.717) is 5.11 Å². The van der Waals surface area contributed by atoms with Gasteiger partial charge in [0.2, 0.25) is 0 Å². The van der Waals surface area contributed by atoms with E-state index in [4.69, 9.17) is 29.1 Å². The average molecular weight is 358 g/mol. The Balaban J connectivity index is 1.90. The number of carboxylic acids is 2. The van der Waals surface area contributed by atoms with Crippen LogP contribution in [0.15, 0.2) is 30.3 Å². The van der Waals surface area contributed by atoms with Gasteiger partial charge in [-0.25, -0.2) is 4.84 Å². The molecule has 124 valence electrons. The van der Waals surface area contributed by atoms with Crippen LogP contribution in [0.3, 0.4) is 0 Å². The van der Waals surface area contributed by atoms with E-state index in [2.05, 4.69) is 15.5 Å². The molecule has 0 bridgehead atoms. The standard InChI is InChI=1S/C14H16ClN3O4S/c15-18-11(13(21)22)9-8(10(9)12(19)20)6-16-14(23)17-7-4-2-1-3-5-7/h1-5,8-11,18H,6H2,(H,19,20)(H,21,22)(H2,16,17,23)/t8-,9+,10+,11+/m0/s1. The molecule has 0 radical (unpaired) electrons. The molecule has 1 aliphatic rings. The zero-order valence-electron chi connectivity index (χ0n) is 11.9. The molecule has 1 aromatic rings. The van der Waals surface area contributed by atoms with Gasteiger partial charge in [0, 0.05) is 18.2 Å². The van der Waals surface area contributed by atoms with Crippen molar-refractivity contribution >= 4 is 46.7 Å². The third kappa shape index (κ3) is 4.31. The van der Waals surface area contributed by atoms with Crippen LogP contribution in [-0.2, 0) is 9.59 Å². The van der Waals surface area contributed by atoms with Crippen LogP contribution in [0.5, 0.6) is 0 Å². The number of carbonyl (C=O) groups is 2. The molecule has 5 N–H and O–H groups in total. The molecule has 0 unspecified atom stereocenters. The van der Waals surface area contributed by atoms with Crippen molar-refractivity contribution in [3.8, 4) is 0 Å². The van der Waals surface area contributed by atoms with Crippen LogP contribution in [0.1, 0.15) is 0 Å². The number of hydrogen-bond donors (Lipinski definition) is 5. The number of thiocarbonyl (C=S) groups is 1. The third-order valence-corrected chi connectivity index (χ3v) is 4.29. The Bertz CT molecular complexity index is 601. The van der Waals surface area contributed by atoms with Gasteiger partial charge in [-0.2, -0.15) is 0 Å². The Morgan fingerprint density at radius 3 is 2.43 bits per heavy atom. The topological polar surface area (TPSA) is 111 Å². The Kier molecular flexibility index (Phi) is 5.75. The summed E-state index contributed by atoms with van der Waals surface area (Å²) >= 11 is 10.6. The fraction of sp³-hybridized carbons (Fsp3) is 0.357. The highest BCUT2D eigenvalue weighted by Crippen LogP contribution is 2.48. The number of nitrogens with one attached hydrogen (secondary N) is 3. The molecule has 1 fully saturated rings. The summed E-state index contributed by atoms with van der Waals surface area (Å²) in [7, 11) is 0. The van der Waals surface area contributed by atoms with E-state index in [1.165, 1.54) is 0 Å². The van der Waals surface area contributed by atoms with Gasteiger partial charge in [0.05, 0.1) is 5.92 Å². The van der Waals surface area contributed by atoms with Crippen molar-refractivity contribution in [2.24, 2.45) is 17.8 Å². The van der Waals surface area contributed by atoms with Crippen LogP contribution < -0.4 is 15.5 Å². The summed E-state index contributed by atoms with van der Waals surface area (Å²) in [5, 5.41) is 24.5. The highest BCUT2D eigenvalue weighted by Gasteiger charge is 2.60. The maximum absolute atomic E-state index is 11.2. The molecule has 0 aliphatic heterocycles. The lowest BCUT2D eigenvalue weighted by Crippen LogP contribution is -2.36. The van der Waals surface area contributed by atoms with Gasteiger partial charge in [-0.1, -0.05) is 18.2 Å². The molecular weight excluding hydrogens is 342 g/mol. The highest BCUT2D eigenvalue weighted by atomic mass is 35.5. The van der Waals surface area contributed by atoms with E-state index in [1.54, 1.807) is 0 Å². The number of aliphatic carboxylic acids is 2. The normalized spacial score (nSPS) is 23.6. The SMILES string of the molecule is O=C(O)[C@@H]1[C@@H](CNC(=S)Nc2ccccc2)[C@H]1[C@@H](NCl)C(=O)O. The third-order valence-electron chi connectivity index (χ3n) is 3.81. The molecule has 1 aliphatic carbocycles. The quantitative estimate of drug-likeness (QED) is 0.364. The van der Waals surface area contributed by atoms with Gasteiger partial charge in [0.25, 0.3) is 0 Å². The second-order valence-electron chi connectivity index (χ2n) is 5.23. The van der Waals surface area contributed by atoms with E-state index < -0.39 is 29.8 Å². The zero-order chi connectivity index (χ0) is 17.0. The summed E-state index contributed by atoms with van der Waals surface area (Å²) < 4.78 is 0. The minimum atomic E-state index is -1.18. The van der Waals surface area contributed by atoms with Crippen LogP contribution in [0.25, 0.3) is 0 Å². The van der Waals surface area contributed by atoms with E-state index >= 15 is 0 Å². The first kappa shape index (κ1) is 17.5. The number of halogens is 1. The Labute approximate surface area is 143 Å². The predicted octanol–water partition coefficient (Wildman–Crippen LogP) is 1.12.